The van der Waals surface area contributed by atoms with E-state index in [-0.39, 0.29) is 35.7 Å². The lowest BCUT2D eigenvalue weighted by Gasteiger charge is -2.40. The molecule has 1 aromatic heterocycles. The summed E-state index contributed by atoms with van der Waals surface area (Å²) in [5.74, 6) is 0.743. The molecule has 190 valence electrons. The Bertz CT molecular complexity index is 1100. The molecule has 3 amide bonds. The monoisotopic (exact) mass is 485 g/mol. The molecule has 0 spiro atoms. The largest absolute Gasteiger partial charge is 0.493 e. The Balaban J connectivity index is 1.65. The average molecular weight is 486 g/mol. The number of methoxy groups -OCH3 is 2. The molecular weight excluding hydrogens is 450 g/mol. The predicted molar refractivity (Wildman–Crippen MR) is 131 cm³/mol. The van der Waals surface area contributed by atoms with Gasteiger partial charge in [-0.3, -0.25) is 19.1 Å². The zero-order valence-electron chi connectivity index (χ0n) is 21.3. The number of carbonyl (C=O) groups excluding carboxylic acids is 3. The van der Waals surface area contributed by atoms with Gasteiger partial charge >= 0.3 is 0 Å². The van der Waals surface area contributed by atoms with Gasteiger partial charge in [-0.15, -0.1) is 0 Å². The van der Waals surface area contributed by atoms with Crippen LogP contribution >= 0.6 is 0 Å². The third-order valence-corrected chi connectivity index (χ3v) is 6.38. The van der Waals surface area contributed by atoms with Gasteiger partial charge in [-0.05, 0) is 43.4 Å². The molecule has 0 saturated carbocycles. The molecule has 1 atom stereocenters. The summed E-state index contributed by atoms with van der Waals surface area (Å²) in [5, 5.41) is 10.1. The summed E-state index contributed by atoms with van der Waals surface area (Å²) < 4.78 is 12.0. The number of hydrogen-bond donors (Lipinski definition) is 2. The van der Waals surface area contributed by atoms with Crippen molar-refractivity contribution in [3.63, 3.8) is 0 Å². The summed E-state index contributed by atoms with van der Waals surface area (Å²) in [6.45, 7) is 6.95. The van der Waals surface area contributed by atoms with Crippen LogP contribution in [0.1, 0.15) is 53.7 Å². The molecule has 0 radical (unpaired) electrons. The van der Waals surface area contributed by atoms with E-state index in [1.807, 2.05) is 18.2 Å². The first-order valence-corrected chi connectivity index (χ1v) is 11.7. The van der Waals surface area contributed by atoms with E-state index in [9.17, 15) is 14.4 Å². The van der Waals surface area contributed by atoms with E-state index in [0.29, 0.717) is 36.9 Å². The molecule has 0 saturated heterocycles. The highest BCUT2D eigenvalue weighted by Crippen LogP contribution is 2.28. The highest BCUT2D eigenvalue weighted by atomic mass is 16.5. The molecule has 1 aliphatic heterocycles. The molecule has 0 unspecified atom stereocenters. The number of aromatic nitrogens is 2. The van der Waals surface area contributed by atoms with E-state index < -0.39 is 5.54 Å². The zero-order valence-corrected chi connectivity index (χ0v) is 21.3. The summed E-state index contributed by atoms with van der Waals surface area (Å²) in [6.07, 6.45) is 1.43. The molecule has 2 N–H and O–H groups in total. The quantitative estimate of drug-likeness (QED) is 0.531. The number of ether oxygens (including phenoxy) is 2. The minimum Gasteiger partial charge on any atom is -0.493 e. The normalized spacial score (nSPS) is 17.2. The Kier molecular flexibility index (Phi) is 8.03. The Hall–Kier alpha value is -3.56. The summed E-state index contributed by atoms with van der Waals surface area (Å²) in [4.78, 5) is 40.1. The van der Waals surface area contributed by atoms with Gasteiger partial charge in [0.1, 0.15) is 11.2 Å². The molecule has 1 aliphatic rings. The van der Waals surface area contributed by atoms with Crippen molar-refractivity contribution in [2.75, 3.05) is 34.4 Å². The lowest BCUT2D eigenvalue weighted by molar-refractivity contribution is -0.132. The van der Waals surface area contributed by atoms with Crippen LogP contribution in [0.5, 0.6) is 11.5 Å². The maximum absolute atomic E-state index is 13.0. The fourth-order valence-electron chi connectivity index (χ4n) is 3.95. The van der Waals surface area contributed by atoms with Gasteiger partial charge in [-0.25, -0.2) is 0 Å². The van der Waals surface area contributed by atoms with E-state index >= 15 is 0 Å². The number of benzene rings is 1. The van der Waals surface area contributed by atoms with Crippen LogP contribution in [0.3, 0.4) is 0 Å². The van der Waals surface area contributed by atoms with Gasteiger partial charge in [0.2, 0.25) is 5.91 Å². The highest BCUT2D eigenvalue weighted by Gasteiger charge is 2.46. The first-order chi connectivity index (χ1) is 16.6. The zero-order chi connectivity index (χ0) is 25.8. The second kappa shape index (κ2) is 10.8. The second-order valence-electron chi connectivity index (χ2n) is 9.34. The van der Waals surface area contributed by atoms with E-state index in [2.05, 4.69) is 29.6 Å². The second-order valence-corrected chi connectivity index (χ2v) is 9.34. The molecule has 2 aromatic rings. The maximum Gasteiger partial charge on any atom is 0.272 e. The highest BCUT2D eigenvalue weighted by molar-refractivity contribution is 6.01. The van der Waals surface area contributed by atoms with Crippen molar-refractivity contribution in [3.05, 3.63) is 41.2 Å². The van der Waals surface area contributed by atoms with Gasteiger partial charge in [0.15, 0.2) is 17.2 Å². The number of fused-ring (bicyclic) bond motifs is 1. The molecular formula is C25H35N5O5. The van der Waals surface area contributed by atoms with Crippen LogP contribution in [0.15, 0.2) is 24.3 Å². The van der Waals surface area contributed by atoms with Crippen molar-refractivity contribution in [2.24, 2.45) is 5.92 Å². The summed E-state index contributed by atoms with van der Waals surface area (Å²) in [5.41, 5.74) is 0.292. The lowest BCUT2D eigenvalue weighted by Crippen LogP contribution is -2.62. The van der Waals surface area contributed by atoms with Crippen LogP contribution < -0.4 is 20.1 Å². The van der Waals surface area contributed by atoms with E-state index in [4.69, 9.17) is 9.47 Å². The first kappa shape index (κ1) is 26.1. The van der Waals surface area contributed by atoms with E-state index in [1.165, 1.54) is 15.6 Å². The topological polar surface area (TPSA) is 115 Å². The number of nitrogens with zero attached hydrogens (tertiary/aromatic N) is 3. The fourth-order valence-corrected chi connectivity index (χ4v) is 3.95. The number of hydrogen-bond acceptors (Lipinski definition) is 6. The number of carbonyl (C=O) groups is 3. The number of nitrogens with one attached hydrogen (secondary N) is 2. The standard InChI is InChI=1S/C25H35N5O5/c1-16(2)9-11-27-24(33)25(3)15-30-19(23(32)29(25)4)14-18(28-30)22(31)26-12-10-17-7-8-20(34-5)21(13-17)35-6/h7-8,13-14,16H,9-12,15H2,1-6H3,(H,26,31)(H,27,33)/t25-/m1/s1. The molecule has 0 fully saturated rings. The SMILES string of the molecule is COc1ccc(CCNC(=O)c2cc3n(n2)C[C@](C)(C(=O)NCCC(C)C)N(C)C3=O)cc1OC. The van der Waals surface area contributed by atoms with Crippen molar-refractivity contribution < 1.29 is 23.9 Å². The minimum absolute atomic E-state index is 0.138. The maximum atomic E-state index is 13.0. The summed E-state index contributed by atoms with van der Waals surface area (Å²) >= 11 is 0. The van der Waals surface area contributed by atoms with Crippen LogP contribution in [-0.2, 0) is 17.8 Å². The van der Waals surface area contributed by atoms with Crippen molar-refractivity contribution in [1.29, 1.82) is 0 Å². The van der Waals surface area contributed by atoms with E-state index in [0.717, 1.165) is 12.0 Å². The van der Waals surface area contributed by atoms with Gasteiger partial charge in [-0.2, -0.15) is 5.10 Å². The van der Waals surface area contributed by atoms with Crippen molar-refractivity contribution in [3.8, 4) is 11.5 Å². The first-order valence-electron chi connectivity index (χ1n) is 11.7. The third kappa shape index (κ3) is 5.58. The molecule has 0 bridgehead atoms. The predicted octanol–water partition coefficient (Wildman–Crippen LogP) is 1.88. The average Bonchev–Trinajstić information content (AvgIpc) is 3.26. The minimum atomic E-state index is -1.10. The van der Waals surface area contributed by atoms with E-state index in [1.54, 1.807) is 28.2 Å². The third-order valence-electron chi connectivity index (χ3n) is 6.38. The molecule has 0 aliphatic carbocycles. The van der Waals surface area contributed by atoms with Gasteiger partial charge in [0, 0.05) is 26.2 Å². The summed E-state index contributed by atoms with van der Waals surface area (Å²) in [6, 6.07) is 7.06. The Morgan fingerprint density at radius 2 is 1.83 bits per heavy atom. The van der Waals surface area contributed by atoms with Crippen LogP contribution in [0, 0.1) is 5.92 Å². The van der Waals surface area contributed by atoms with Gasteiger partial charge in [0.25, 0.3) is 11.8 Å². The number of likely N-dealkylation sites (N-methyl/N-ethyl adjacent to an activating group) is 1. The van der Waals surface area contributed by atoms with Gasteiger partial charge in [-0.1, -0.05) is 19.9 Å². The number of amides is 3. The van der Waals surface area contributed by atoms with Gasteiger partial charge in [0.05, 0.1) is 20.8 Å². The fraction of sp³-hybridized carbons (Fsp3) is 0.520. The van der Waals surface area contributed by atoms with Crippen LogP contribution in [0.2, 0.25) is 0 Å². The Labute approximate surface area is 206 Å². The number of rotatable bonds is 10. The van der Waals surface area contributed by atoms with Crippen molar-refractivity contribution in [2.45, 2.75) is 45.7 Å². The summed E-state index contributed by atoms with van der Waals surface area (Å²) in [7, 11) is 4.75. The van der Waals surface area contributed by atoms with Crippen LogP contribution in [0.25, 0.3) is 0 Å². The molecule has 10 nitrogen and oxygen atoms in total. The Morgan fingerprint density at radius 1 is 1.11 bits per heavy atom. The van der Waals surface area contributed by atoms with Crippen molar-refractivity contribution in [1.82, 2.24) is 25.3 Å². The molecule has 2 heterocycles. The Morgan fingerprint density at radius 3 is 2.49 bits per heavy atom. The molecule has 10 heteroatoms. The van der Waals surface area contributed by atoms with Gasteiger partial charge < -0.3 is 25.0 Å². The lowest BCUT2D eigenvalue weighted by atomic mass is 9.95. The van der Waals surface area contributed by atoms with Crippen LogP contribution in [-0.4, -0.2) is 72.3 Å². The molecule has 1 aromatic carbocycles. The molecule has 35 heavy (non-hydrogen) atoms. The smallest absolute Gasteiger partial charge is 0.272 e. The van der Waals surface area contributed by atoms with Crippen LogP contribution in [0.4, 0.5) is 0 Å². The molecule has 3 rings (SSSR count). The van der Waals surface area contributed by atoms with Crippen molar-refractivity contribution >= 4 is 17.7 Å².